The number of hydrogen-bond donors (Lipinski definition) is 1. The molecule has 1 N–H and O–H groups in total. The Bertz CT molecular complexity index is 946. The molecule has 0 saturated carbocycles. The SMILES string of the molecule is Cc1cc(NC(=O)CN(C(=O)c2ccc3ccccc3c2)C(C)C)no1. The highest BCUT2D eigenvalue weighted by Crippen LogP contribution is 2.18. The summed E-state index contributed by atoms with van der Waals surface area (Å²) in [5.74, 6) is 0.445. The average molecular weight is 351 g/mol. The smallest absolute Gasteiger partial charge is 0.254 e. The first-order chi connectivity index (χ1) is 12.4. The zero-order valence-electron chi connectivity index (χ0n) is 15.0. The number of hydrogen-bond acceptors (Lipinski definition) is 4. The minimum atomic E-state index is -0.318. The maximum absolute atomic E-state index is 12.9. The molecule has 0 bridgehead atoms. The van der Waals surface area contributed by atoms with E-state index in [9.17, 15) is 9.59 Å². The van der Waals surface area contributed by atoms with Crippen LogP contribution in [0.4, 0.5) is 5.82 Å². The molecular weight excluding hydrogens is 330 g/mol. The minimum Gasteiger partial charge on any atom is -0.360 e. The monoisotopic (exact) mass is 351 g/mol. The minimum absolute atomic E-state index is 0.0603. The molecule has 0 unspecified atom stereocenters. The van der Waals surface area contributed by atoms with Crippen LogP contribution in [0.5, 0.6) is 0 Å². The molecule has 0 saturated heterocycles. The maximum atomic E-state index is 12.9. The fraction of sp³-hybridized carbons (Fsp3) is 0.250. The van der Waals surface area contributed by atoms with Crippen molar-refractivity contribution in [1.29, 1.82) is 0 Å². The van der Waals surface area contributed by atoms with Crippen molar-refractivity contribution in [3.63, 3.8) is 0 Å². The van der Waals surface area contributed by atoms with E-state index in [1.807, 2.05) is 50.2 Å². The predicted molar refractivity (Wildman–Crippen MR) is 100.0 cm³/mol. The van der Waals surface area contributed by atoms with E-state index < -0.39 is 0 Å². The molecule has 26 heavy (non-hydrogen) atoms. The summed E-state index contributed by atoms with van der Waals surface area (Å²) in [6.45, 7) is 5.44. The number of carbonyl (C=O) groups is 2. The van der Waals surface area contributed by atoms with E-state index in [1.54, 1.807) is 19.1 Å². The topological polar surface area (TPSA) is 75.4 Å². The first-order valence-corrected chi connectivity index (χ1v) is 8.47. The Balaban J connectivity index is 1.77. The van der Waals surface area contributed by atoms with Gasteiger partial charge in [-0.25, -0.2) is 0 Å². The summed E-state index contributed by atoms with van der Waals surface area (Å²) in [5.41, 5.74) is 0.558. The first-order valence-electron chi connectivity index (χ1n) is 8.47. The molecule has 0 aliphatic rings. The molecule has 6 heteroatoms. The lowest BCUT2D eigenvalue weighted by atomic mass is 10.1. The fourth-order valence-corrected chi connectivity index (χ4v) is 2.74. The highest BCUT2D eigenvalue weighted by Gasteiger charge is 2.22. The van der Waals surface area contributed by atoms with Gasteiger partial charge in [0.2, 0.25) is 5.91 Å². The summed E-state index contributed by atoms with van der Waals surface area (Å²) in [5, 5.41) is 8.44. The molecule has 1 aromatic heterocycles. The van der Waals surface area contributed by atoms with Gasteiger partial charge in [0.25, 0.3) is 5.91 Å². The van der Waals surface area contributed by atoms with Crippen molar-refractivity contribution >= 4 is 28.4 Å². The molecule has 2 amide bonds. The zero-order chi connectivity index (χ0) is 18.7. The molecular formula is C20H21N3O3. The highest BCUT2D eigenvalue weighted by molar-refractivity contribution is 6.01. The molecule has 1 heterocycles. The van der Waals surface area contributed by atoms with Gasteiger partial charge in [0, 0.05) is 17.7 Å². The maximum Gasteiger partial charge on any atom is 0.254 e. The van der Waals surface area contributed by atoms with Crippen LogP contribution in [0.3, 0.4) is 0 Å². The molecule has 6 nitrogen and oxygen atoms in total. The second kappa shape index (κ2) is 7.39. The van der Waals surface area contributed by atoms with Crippen molar-refractivity contribution < 1.29 is 14.1 Å². The molecule has 0 radical (unpaired) electrons. The number of aryl methyl sites for hydroxylation is 1. The van der Waals surface area contributed by atoms with Gasteiger partial charge in [-0.1, -0.05) is 35.5 Å². The third-order valence-corrected chi connectivity index (χ3v) is 4.09. The highest BCUT2D eigenvalue weighted by atomic mass is 16.5. The van der Waals surface area contributed by atoms with Crippen LogP contribution in [0, 0.1) is 6.92 Å². The Morgan fingerprint density at radius 1 is 1.12 bits per heavy atom. The number of fused-ring (bicyclic) bond motifs is 1. The van der Waals surface area contributed by atoms with Crippen LogP contribution in [0.15, 0.2) is 53.1 Å². The first kappa shape index (κ1) is 17.7. The Morgan fingerprint density at radius 2 is 1.85 bits per heavy atom. The second-order valence-electron chi connectivity index (χ2n) is 6.46. The summed E-state index contributed by atoms with van der Waals surface area (Å²) < 4.78 is 4.93. The lowest BCUT2D eigenvalue weighted by Gasteiger charge is -2.26. The number of aromatic nitrogens is 1. The molecule has 0 atom stereocenters. The lowest BCUT2D eigenvalue weighted by molar-refractivity contribution is -0.117. The van der Waals surface area contributed by atoms with E-state index in [0.717, 1.165) is 10.8 Å². The number of carbonyl (C=O) groups excluding carboxylic acids is 2. The van der Waals surface area contributed by atoms with Crippen LogP contribution in [0.25, 0.3) is 10.8 Å². The predicted octanol–water partition coefficient (Wildman–Crippen LogP) is 3.63. The van der Waals surface area contributed by atoms with Gasteiger partial charge in [-0.3, -0.25) is 9.59 Å². The third kappa shape index (κ3) is 3.91. The van der Waals surface area contributed by atoms with Gasteiger partial charge < -0.3 is 14.7 Å². The Hall–Kier alpha value is -3.15. The number of benzene rings is 2. The molecule has 0 aliphatic carbocycles. The molecule has 0 spiro atoms. The van der Waals surface area contributed by atoms with Crippen LogP contribution in [-0.2, 0) is 4.79 Å². The molecule has 3 rings (SSSR count). The van der Waals surface area contributed by atoms with Gasteiger partial charge in [0.1, 0.15) is 12.3 Å². The van der Waals surface area contributed by atoms with Crippen molar-refractivity contribution in [2.24, 2.45) is 0 Å². The number of rotatable bonds is 5. The van der Waals surface area contributed by atoms with Gasteiger partial charge >= 0.3 is 0 Å². The van der Waals surface area contributed by atoms with E-state index in [2.05, 4.69) is 10.5 Å². The summed E-state index contributed by atoms with van der Waals surface area (Å²) in [4.78, 5) is 26.8. The molecule has 134 valence electrons. The fourth-order valence-electron chi connectivity index (χ4n) is 2.74. The van der Waals surface area contributed by atoms with Gasteiger partial charge in [-0.2, -0.15) is 0 Å². The third-order valence-electron chi connectivity index (χ3n) is 4.09. The number of amides is 2. The Labute approximate surface area is 151 Å². The van der Waals surface area contributed by atoms with Gasteiger partial charge in [0.15, 0.2) is 5.82 Å². The van der Waals surface area contributed by atoms with E-state index >= 15 is 0 Å². The zero-order valence-corrected chi connectivity index (χ0v) is 15.0. The van der Waals surface area contributed by atoms with Crippen molar-refractivity contribution in [3.05, 3.63) is 59.9 Å². The van der Waals surface area contributed by atoms with Crippen molar-refractivity contribution in [2.75, 3.05) is 11.9 Å². The van der Waals surface area contributed by atoms with Gasteiger partial charge in [-0.05, 0) is 43.7 Å². The van der Waals surface area contributed by atoms with Crippen molar-refractivity contribution in [3.8, 4) is 0 Å². The van der Waals surface area contributed by atoms with Gasteiger partial charge in [-0.15, -0.1) is 0 Å². The number of nitrogens with one attached hydrogen (secondary N) is 1. The molecule has 0 fully saturated rings. The van der Waals surface area contributed by atoms with E-state index in [4.69, 9.17) is 4.52 Å². The van der Waals surface area contributed by atoms with E-state index in [-0.39, 0.29) is 24.4 Å². The normalized spacial score (nSPS) is 10.9. The van der Waals surface area contributed by atoms with Crippen molar-refractivity contribution in [2.45, 2.75) is 26.8 Å². The summed E-state index contributed by atoms with van der Waals surface area (Å²) in [7, 11) is 0. The van der Waals surface area contributed by atoms with Crippen LogP contribution in [0.1, 0.15) is 30.0 Å². The van der Waals surface area contributed by atoms with Crippen LogP contribution < -0.4 is 5.32 Å². The molecule has 2 aromatic carbocycles. The van der Waals surface area contributed by atoms with Crippen LogP contribution >= 0.6 is 0 Å². The van der Waals surface area contributed by atoms with Crippen LogP contribution in [-0.4, -0.2) is 34.5 Å². The summed E-state index contributed by atoms with van der Waals surface area (Å²) in [6.07, 6.45) is 0. The molecule has 0 aliphatic heterocycles. The molecule has 3 aromatic rings. The van der Waals surface area contributed by atoms with E-state index in [0.29, 0.717) is 17.1 Å². The average Bonchev–Trinajstić information content (AvgIpc) is 3.03. The largest absolute Gasteiger partial charge is 0.360 e. The quantitative estimate of drug-likeness (QED) is 0.762. The van der Waals surface area contributed by atoms with Gasteiger partial charge in [0.05, 0.1) is 0 Å². The Morgan fingerprint density at radius 3 is 2.50 bits per heavy atom. The van der Waals surface area contributed by atoms with E-state index in [1.165, 1.54) is 4.90 Å². The van der Waals surface area contributed by atoms with Crippen molar-refractivity contribution in [1.82, 2.24) is 10.1 Å². The number of nitrogens with zero attached hydrogens (tertiary/aromatic N) is 2. The second-order valence-corrected chi connectivity index (χ2v) is 6.46. The lowest BCUT2D eigenvalue weighted by Crippen LogP contribution is -2.42. The number of anilines is 1. The standard InChI is InChI=1S/C20H21N3O3/c1-13(2)23(12-19(24)21-18-10-14(3)26-22-18)20(25)17-9-8-15-6-4-5-7-16(15)11-17/h4-11,13H,12H2,1-3H3,(H,21,22,24). The summed E-state index contributed by atoms with van der Waals surface area (Å²) >= 11 is 0. The Kier molecular flexibility index (Phi) is 5.02. The van der Waals surface area contributed by atoms with Crippen LogP contribution in [0.2, 0.25) is 0 Å². The summed E-state index contributed by atoms with van der Waals surface area (Å²) in [6, 6.07) is 14.9.